The number of alkyl halides is 3. The van der Waals surface area contributed by atoms with Crippen LogP contribution in [0.4, 0.5) is 13.2 Å². The number of nitrogens with zero attached hydrogens (tertiary/aromatic N) is 2. The summed E-state index contributed by atoms with van der Waals surface area (Å²) in [5, 5.41) is 3.28. The van der Waals surface area contributed by atoms with E-state index >= 15 is 0 Å². The van der Waals surface area contributed by atoms with Crippen LogP contribution in [0, 0.1) is 0 Å². The van der Waals surface area contributed by atoms with Gasteiger partial charge in [0.15, 0.2) is 0 Å². The number of fused-ring (bicyclic) bond motifs is 3. The topological polar surface area (TPSA) is 18.5 Å². The highest BCUT2D eigenvalue weighted by Crippen LogP contribution is 2.32. The van der Waals surface area contributed by atoms with Crippen molar-refractivity contribution in [1.82, 2.24) is 15.1 Å². The van der Waals surface area contributed by atoms with E-state index in [4.69, 9.17) is 0 Å². The van der Waals surface area contributed by atoms with Gasteiger partial charge in [0, 0.05) is 44.8 Å². The fourth-order valence-electron chi connectivity index (χ4n) is 3.43. The van der Waals surface area contributed by atoms with Gasteiger partial charge in [-0.3, -0.25) is 9.80 Å². The number of likely N-dealkylation sites (N-methyl/N-ethyl adjacent to an activating group) is 1. The second-order valence-corrected chi connectivity index (χ2v) is 5.79. The van der Waals surface area contributed by atoms with Crippen LogP contribution in [-0.2, 0) is 6.18 Å². The van der Waals surface area contributed by atoms with Crippen molar-refractivity contribution in [3.05, 3.63) is 35.4 Å². The summed E-state index contributed by atoms with van der Waals surface area (Å²) in [6.07, 6.45) is -4.27. The first-order valence-electron chi connectivity index (χ1n) is 7.30. The standard InChI is InChI=1S/C15H20F3N3/c1-19-14(13-10-20-6-8-21(13)9-7-20)11-2-4-12(5-3-11)15(16,17)18/h2-5,13-14,19H,6-10H2,1H3. The van der Waals surface area contributed by atoms with E-state index < -0.39 is 11.7 Å². The maximum absolute atomic E-state index is 12.6. The zero-order chi connectivity index (χ0) is 15.0. The van der Waals surface area contributed by atoms with E-state index in [1.807, 2.05) is 7.05 Å². The Labute approximate surface area is 122 Å². The van der Waals surface area contributed by atoms with Crippen LogP contribution in [0.5, 0.6) is 0 Å². The molecular formula is C15H20F3N3. The lowest BCUT2D eigenvalue weighted by molar-refractivity contribution is -0.137. The molecule has 3 heterocycles. The second kappa shape index (κ2) is 5.59. The van der Waals surface area contributed by atoms with Crippen molar-refractivity contribution in [3.8, 4) is 0 Å². The molecule has 4 rings (SSSR count). The molecule has 2 unspecified atom stereocenters. The molecule has 0 saturated carbocycles. The molecule has 116 valence electrons. The number of halogens is 3. The van der Waals surface area contributed by atoms with E-state index in [1.54, 1.807) is 12.1 Å². The summed E-state index contributed by atoms with van der Waals surface area (Å²) in [4.78, 5) is 4.87. The molecule has 1 N–H and O–H groups in total. The Balaban J connectivity index is 1.80. The molecule has 3 fully saturated rings. The molecule has 1 aromatic rings. The quantitative estimate of drug-likeness (QED) is 0.920. The Kier molecular flexibility index (Phi) is 3.94. The van der Waals surface area contributed by atoms with Crippen molar-refractivity contribution in [2.24, 2.45) is 0 Å². The van der Waals surface area contributed by atoms with Gasteiger partial charge in [-0.15, -0.1) is 0 Å². The minimum Gasteiger partial charge on any atom is -0.312 e. The summed E-state index contributed by atoms with van der Waals surface area (Å²) in [7, 11) is 1.88. The number of piperazine rings is 3. The highest BCUT2D eigenvalue weighted by Gasteiger charge is 2.37. The molecule has 0 aliphatic carbocycles. The van der Waals surface area contributed by atoms with Crippen LogP contribution in [0.15, 0.2) is 24.3 Å². The van der Waals surface area contributed by atoms with Crippen molar-refractivity contribution < 1.29 is 13.2 Å². The number of hydrogen-bond donors (Lipinski definition) is 1. The zero-order valence-electron chi connectivity index (χ0n) is 12.0. The average molecular weight is 299 g/mol. The Morgan fingerprint density at radius 1 is 1.10 bits per heavy atom. The van der Waals surface area contributed by atoms with E-state index in [-0.39, 0.29) is 6.04 Å². The van der Waals surface area contributed by atoms with E-state index in [1.165, 1.54) is 12.1 Å². The lowest BCUT2D eigenvalue weighted by Gasteiger charge is -2.50. The van der Waals surface area contributed by atoms with Gasteiger partial charge < -0.3 is 5.32 Å². The summed E-state index contributed by atoms with van der Waals surface area (Å²) >= 11 is 0. The molecule has 21 heavy (non-hydrogen) atoms. The minimum atomic E-state index is -4.27. The van der Waals surface area contributed by atoms with Crippen LogP contribution in [-0.4, -0.2) is 55.6 Å². The van der Waals surface area contributed by atoms with Gasteiger partial charge in [0.1, 0.15) is 0 Å². The van der Waals surface area contributed by atoms with E-state index in [9.17, 15) is 13.2 Å². The maximum atomic E-state index is 12.6. The Bertz CT molecular complexity index is 478. The van der Waals surface area contributed by atoms with Crippen molar-refractivity contribution in [3.63, 3.8) is 0 Å². The van der Waals surface area contributed by atoms with Crippen molar-refractivity contribution in [1.29, 1.82) is 0 Å². The van der Waals surface area contributed by atoms with Gasteiger partial charge in [0.25, 0.3) is 0 Å². The number of rotatable bonds is 3. The molecule has 3 aliphatic heterocycles. The Morgan fingerprint density at radius 3 is 2.14 bits per heavy atom. The molecule has 3 aliphatic rings. The van der Waals surface area contributed by atoms with Crippen molar-refractivity contribution in [2.75, 3.05) is 39.8 Å². The summed E-state index contributed by atoms with van der Waals surface area (Å²) < 4.78 is 37.9. The molecule has 3 nitrogen and oxygen atoms in total. The minimum absolute atomic E-state index is 0.0652. The number of nitrogens with one attached hydrogen (secondary N) is 1. The summed E-state index contributed by atoms with van der Waals surface area (Å²) in [6.45, 7) is 5.26. The van der Waals surface area contributed by atoms with Gasteiger partial charge in [0.05, 0.1) is 5.56 Å². The molecule has 3 saturated heterocycles. The first-order valence-corrected chi connectivity index (χ1v) is 7.30. The molecule has 6 heteroatoms. The van der Waals surface area contributed by atoms with E-state index in [2.05, 4.69) is 15.1 Å². The molecular weight excluding hydrogens is 279 g/mol. The molecule has 0 spiro atoms. The van der Waals surface area contributed by atoms with Crippen LogP contribution in [0.25, 0.3) is 0 Å². The predicted molar refractivity (Wildman–Crippen MR) is 75.0 cm³/mol. The van der Waals surface area contributed by atoms with Gasteiger partial charge in [-0.25, -0.2) is 0 Å². The third-order valence-electron chi connectivity index (χ3n) is 4.61. The fraction of sp³-hybridized carbons (Fsp3) is 0.600. The average Bonchev–Trinajstić information content (AvgIpc) is 2.49. The van der Waals surface area contributed by atoms with Crippen molar-refractivity contribution in [2.45, 2.75) is 18.3 Å². The summed E-state index contributed by atoms with van der Waals surface area (Å²) in [5.41, 5.74) is 0.333. The third-order valence-corrected chi connectivity index (χ3v) is 4.61. The third kappa shape index (κ3) is 2.93. The lowest BCUT2D eigenvalue weighted by atomic mass is 9.93. The van der Waals surface area contributed by atoms with Crippen LogP contribution in [0.2, 0.25) is 0 Å². The van der Waals surface area contributed by atoms with E-state index in [0.29, 0.717) is 6.04 Å². The van der Waals surface area contributed by atoms with Crippen molar-refractivity contribution >= 4 is 0 Å². The first kappa shape index (κ1) is 14.8. The highest BCUT2D eigenvalue weighted by atomic mass is 19.4. The molecule has 2 bridgehead atoms. The molecule has 0 aromatic heterocycles. The SMILES string of the molecule is CNC(c1ccc(C(F)(F)F)cc1)C1CN2CCN1CC2. The number of hydrogen-bond acceptors (Lipinski definition) is 3. The van der Waals surface area contributed by atoms with Gasteiger partial charge in [-0.05, 0) is 24.7 Å². The fourth-order valence-corrected chi connectivity index (χ4v) is 3.43. The monoisotopic (exact) mass is 299 g/mol. The second-order valence-electron chi connectivity index (χ2n) is 5.79. The van der Waals surface area contributed by atoms with E-state index in [0.717, 1.165) is 38.3 Å². The molecule has 2 atom stereocenters. The van der Waals surface area contributed by atoms with Gasteiger partial charge in [-0.2, -0.15) is 13.2 Å². The maximum Gasteiger partial charge on any atom is 0.416 e. The van der Waals surface area contributed by atoms with Crippen LogP contribution in [0.3, 0.4) is 0 Å². The van der Waals surface area contributed by atoms with Crippen LogP contribution in [0.1, 0.15) is 17.2 Å². The van der Waals surface area contributed by atoms with Gasteiger partial charge >= 0.3 is 6.18 Å². The smallest absolute Gasteiger partial charge is 0.312 e. The normalized spacial score (nSPS) is 30.4. The largest absolute Gasteiger partial charge is 0.416 e. The zero-order valence-corrected chi connectivity index (χ0v) is 12.0. The summed E-state index contributed by atoms with van der Waals surface area (Å²) in [5.74, 6) is 0. The predicted octanol–water partition coefficient (Wildman–Crippen LogP) is 1.97. The first-order chi connectivity index (χ1) is 9.99. The Morgan fingerprint density at radius 2 is 1.71 bits per heavy atom. The highest BCUT2D eigenvalue weighted by molar-refractivity contribution is 5.28. The van der Waals surface area contributed by atoms with Gasteiger partial charge in [0.2, 0.25) is 0 Å². The molecule has 0 amide bonds. The van der Waals surface area contributed by atoms with Gasteiger partial charge in [-0.1, -0.05) is 12.1 Å². The van der Waals surface area contributed by atoms with Crippen LogP contribution < -0.4 is 5.32 Å². The number of benzene rings is 1. The summed E-state index contributed by atoms with van der Waals surface area (Å²) in [6, 6.07) is 5.95. The van der Waals surface area contributed by atoms with Crippen LogP contribution >= 0.6 is 0 Å². The molecule has 1 aromatic carbocycles. The molecule has 0 radical (unpaired) electrons. The lowest BCUT2D eigenvalue weighted by Crippen LogP contribution is -2.63. The Hall–Kier alpha value is -1.11.